The van der Waals surface area contributed by atoms with E-state index < -0.39 is 0 Å². The number of Topliss-reactive ketones (excluding diaryl/α,β-unsaturated/α-hetero) is 1. The van der Waals surface area contributed by atoms with E-state index in [0.29, 0.717) is 12.4 Å². The van der Waals surface area contributed by atoms with Crippen LogP contribution in [0.2, 0.25) is 0 Å². The topological polar surface area (TPSA) is 39.4 Å². The lowest BCUT2D eigenvalue weighted by Gasteiger charge is -2.36. The highest BCUT2D eigenvalue weighted by atomic mass is 32.2. The molecule has 1 aromatic rings. The Balaban J connectivity index is 1.76. The zero-order valence-corrected chi connectivity index (χ0v) is 11.4. The summed E-state index contributed by atoms with van der Waals surface area (Å²) < 4.78 is 11.3. The lowest BCUT2D eigenvalue weighted by molar-refractivity contribution is -0.0737. The molecule has 0 bridgehead atoms. The van der Waals surface area contributed by atoms with Crippen LogP contribution in [0.4, 0.5) is 0 Å². The van der Waals surface area contributed by atoms with Crippen LogP contribution in [0, 0.1) is 12.8 Å². The van der Waals surface area contributed by atoms with E-state index in [2.05, 4.69) is 0 Å². The quantitative estimate of drug-likeness (QED) is 0.771. The predicted octanol–water partition coefficient (Wildman–Crippen LogP) is 3.07. The number of hydrogen-bond donors (Lipinski definition) is 0. The van der Waals surface area contributed by atoms with Crippen LogP contribution >= 0.6 is 11.8 Å². The zero-order valence-electron chi connectivity index (χ0n) is 10.6. The van der Waals surface area contributed by atoms with Gasteiger partial charge in [-0.25, -0.2) is 0 Å². The Kier molecular flexibility index (Phi) is 3.24. The monoisotopic (exact) mass is 266 g/mol. The molecular weight excluding hydrogens is 248 g/mol. The van der Waals surface area contributed by atoms with Gasteiger partial charge in [0.05, 0.1) is 11.9 Å². The predicted molar refractivity (Wildman–Crippen MR) is 71.1 cm³/mol. The van der Waals surface area contributed by atoms with E-state index in [1.54, 1.807) is 6.26 Å². The summed E-state index contributed by atoms with van der Waals surface area (Å²) in [6.07, 6.45) is 4.37. The van der Waals surface area contributed by atoms with Crippen LogP contribution in [0.3, 0.4) is 0 Å². The third-order valence-corrected chi connectivity index (χ3v) is 5.24. The third-order valence-electron chi connectivity index (χ3n) is 4.02. The maximum Gasteiger partial charge on any atom is 0.201 e. The highest BCUT2D eigenvalue weighted by Gasteiger charge is 2.43. The molecule has 0 aliphatic carbocycles. The molecule has 4 heteroatoms. The number of ketones is 1. The molecule has 0 aromatic carbocycles. The van der Waals surface area contributed by atoms with Gasteiger partial charge in [-0.1, -0.05) is 0 Å². The molecule has 2 fully saturated rings. The Morgan fingerprint density at radius 1 is 1.56 bits per heavy atom. The highest BCUT2D eigenvalue weighted by molar-refractivity contribution is 7.99. The third kappa shape index (κ3) is 2.12. The lowest BCUT2D eigenvalue weighted by Crippen LogP contribution is -2.42. The fourth-order valence-corrected chi connectivity index (χ4v) is 4.30. The number of rotatable bonds is 2. The zero-order chi connectivity index (χ0) is 12.6. The first-order valence-electron chi connectivity index (χ1n) is 6.50. The first kappa shape index (κ1) is 12.3. The lowest BCUT2D eigenvalue weighted by atomic mass is 9.82. The van der Waals surface area contributed by atoms with Crippen LogP contribution in [-0.4, -0.2) is 29.5 Å². The van der Waals surface area contributed by atoms with E-state index in [0.717, 1.165) is 36.3 Å². The van der Waals surface area contributed by atoms with Gasteiger partial charge in [0, 0.05) is 18.3 Å². The first-order chi connectivity index (χ1) is 8.70. The van der Waals surface area contributed by atoms with Crippen LogP contribution < -0.4 is 0 Å². The van der Waals surface area contributed by atoms with Crippen molar-refractivity contribution < 1.29 is 13.9 Å². The summed E-state index contributed by atoms with van der Waals surface area (Å²) in [5.74, 6) is 2.97. The van der Waals surface area contributed by atoms with Gasteiger partial charge in [0.1, 0.15) is 0 Å². The van der Waals surface area contributed by atoms with Gasteiger partial charge in [-0.3, -0.25) is 4.79 Å². The van der Waals surface area contributed by atoms with E-state index in [9.17, 15) is 4.79 Å². The van der Waals surface area contributed by atoms with Crippen molar-refractivity contribution >= 4 is 17.5 Å². The van der Waals surface area contributed by atoms with Gasteiger partial charge in [0.2, 0.25) is 5.78 Å². The molecule has 18 heavy (non-hydrogen) atoms. The van der Waals surface area contributed by atoms with Crippen molar-refractivity contribution in [3.05, 3.63) is 23.7 Å². The minimum Gasteiger partial charge on any atom is -0.461 e. The van der Waals surface area contributed by atoms with E-state index in [1.165, 1.54) is 0 Å². The van der Waals surface area contributed by atoms with E-state index in [1.807, 2.05) is 24.8 Å². The van der Waals surface area contributed by atoms with E-state index >= 15 is 0 Å². The smallest absolute Gasteiger partial charge is 0.201 e. The first-order valence-corrected chi connectivity index (χ1v) is 7.66. The maximum absolute atomic E-state index is 12.5. The molecule has 0 saturated carbocycles. The normalized spacial score (nSPS) is 31.9. The number of carbonyl (C=O) groups is 1. The second-order valence-corrected chi connectivity index (χ2v) is 6.43. The Hall–Kier alpha value is -0.740. The summed E-state index contributed by atoms with van der Waals surface area (Å²) >= 11 is 1.93. The van der Waals surface area contributed by atoms with Crippen LogP contribution in [0.25, 0.3) is 0 Å². The summed E-state index contributed by atoms with van der Waals surface area (Å²) in [6, 6.07) is 1.85. The number of carbonyl (C=O) groups excluding carboxylic acids is 1. The average Bonchev–Trinajstić information content (AvgIpc) is 2.98. The summed E-state index contributed by atoms with van der Waals surface area (Å²) in [5.41, 5.74) is 0.908. The van der Waals surface area contributed by atoms with Crippen molar-refractivity contribution in [3.8, 4) is 0 Å². The second kappa shape index (κ2) is 4.74. The molecule has 3 rings (SSSR count). The van der Waals surface area contributed by atoms with Gasteiger partial charge in [0.25, 0.3) is 0 Å². The molecule has 3 heterocycles. The summed E-state index contributed by atoms with van der Waals surface area (Å²) in [5, 5.41) is 0. The molecule has 0 radical (unpaired) electrons. The summed E-state index contributed by atoms with van der Waals surface area (Å²) in [6.45, 7) is 2.63. The van der Waals surface area contributed by atoms with Gasteiger partial charge in [-0.05, 0) is 43.6 Å². The minimum atomic E-state index is -0.0380. The summed E-state index contributed by atoms with van der Waals surface area (Å²) in [7, 11) is 0. The van der Waals surface area contributed by atoms with Gasteiger partial charge >= 0.3 is 0 Å². The van der Waals surface area contributed by atoms with Crippen LogP contribution in [0.15, 0.2) is 16.7 Å². The Morgan fingerprint density at radius 2 is 2.44 bits per heavy atom. The molecule has 1 aromatic heterocycles. The Labute approximate surface area is 111 Å². The van der Waals surface area contributed by atoms with Crippen molar-refractivity contribution in [2.45, 2.75) is 31.8 Å². The number of ether oxygens (including phenoxy) is 1. The molecule has 98 valence electrons. The second-order valence-electron chi connectivity index (χ2n) is 5.32. The van der Waals surface area contributed by atoms with Gasteiger partial charge in [-0.15, -0.1) is 0 Å². The largest absolute Gasteiger partial charge is 0.461 e. The molecule has 1 spiro atoms. The van der Waals surface area contributed by atoms with Crippen molar-refractivity contribution in [2.24, 2.45) is 5.92 Å². The molecule has 2 aliphatic rings. The van der Waals surface area contributed by atoms with Gasteiger partial charge < -0.3 is 9.15 Å². The van der Waals surface area contributed by atoms with Crippen LogP contribution in [0.1, 0.15) is 35.4 Å². The maximum atomic E-state index is 12.5. The number of thioether (sulfide) groups is 1. The van der Waals surface area contributed by atoms with Crippen LogP contribution in [0.5, 0.6) is 0 Å². The highest BCUT2D eigenvalue weighted by Crippen LogP contribution is 2.41. The number of hydrogen-bond acceptors (Lipinski definition) is 4. The molecule has 2 saturated heterocycles. The minimum absolute atomic E-state index is 0.0380. The van der Waals surface area contributed by atoms with Gasteiger partial charge in [0.15, 0.2) is 5.76 Å². The molecule has 2 unspecified atom stereocenters. The number of aryl methyl sites for hydroxylation is 1. The standard InChI is InChI=1S/C14H18O3S/c1-10-2-5-16-13(10)12(15)11-3-6-17-14(8-11)4-7-18-9-14/h2,5,11H,3-4,6-9H2,1H3. The van der Waals surface area contributed by atoms with Gasteiger partial charge in [-0.2, -0.15) is 11.8 Å². The number of furan rings is 1. The average molecular weight is 266 g/mol. The molecule has 0 amide bonds. The molecule has 3 nitrogen and oxygen atoms in total. The molecule has 2 aliphatic heterocycles. The van der Waals surface area contributed by atoms with Crippen molar-refractivity contribution in [2.75, 3.05) is 18.1 Å². The SMILES string of the molecule is Cc1ccoc1C(=O)C1CCOC2(CCSC2)C1. The van der Waals surface area contributed by atoms with E-state index in [4.69, 9.17) is 9.15 Å². The van der Waals surface area contributed by atoms with Crippen molar-refractivity contribution in [3.63, 3.8) is 0 Å². The fourth-order valence-electron chi connectivity index (χ4n) is 2.93. The Bertz CT molecular complexity index is 446. The molecule has 0 N–H and O–H groups in total. The van der Waals surface area contributed by atoms with Crippen LogP contribution in [-0.2, 0) is 4.74 Å². The summed E-state index contributed by atoms with van der Waals surface area (Å²) in [4.78, 5) is 12.5. The molecular formula is C14H18O3S. The molecule has 2 atom stereocenters. The van der Waals surface area contributed by atoms with Crippen molar-refractivity contribution in [1.82, 2.24) is 0 Å². The fraction of sp³-hybridized carbons (Fsp3) is 0.643. The Morgan fingerprint density at radius 3 is 3.11 bits per heavy atom. The van der Waals surface area contributed by atoms with Crippen molar-refractivity contribution in [1.29, 1.82) is 0 Å². The van der Waals surface area contributed by atoms with E-state index in [-0.39, 0.29) is 17.3 Å².